The van der Waals surface area contributed by atoms with E-state index in [0.29, 0.717) is 25.5 Å². The molecule has 0 amide bonds. The molecule has 1 fully saturated rings. The molecule has 0 aliphatic carbocycles. The zero-order valence-corrected chi connectivity index (χ0v) is 13.2. The lowest BCUT2D eigenvalue weighted by atomic mass is 9.96. The molecule has 2 rings (SSSR count). The summed E-state index contributed by atoms with van der Waals surface area (Å²) in [5.41, 5.74) is 5.00. The Morgan fingerprint density at radius 2 is 2.05 bits per heavy atom. The standard InChI is InChI=1S/C13H17ClF3N3S/c1-21-12(8-18)2-4-20(5-3-12)11-10(14)6-9(7-19-11)13(15,16)17/h6-7H,2-5,8,18H2,1H3. The summed E-state index contributed by atoms with van der Waals surface area (Å²) in [4.78, 5) is 5.83. The van der Waals surface area contributed by atoms with Gasteiger partial charge >= 0.3 is 6.18 Å². The summed E-state index contributed by atoms with van der Waals surface area (Å²) in [5.74, 6) is 0.413. The number of aromatic nitrogens is 1. The molecule has 0 spiro atoms. The number of pyridine rings is 1. The summed E-state index contributed by atoms with van der Waals surface area (Å²) in [6.07, 6.45) is 0.171. The summed E-state index contributed by atoms with van der Waals surface area (Å²) < 4.78 is 37.9. The maximum atomic E-state index is 12.6. The molecule has 118 valence electrons. The number of anilines is 1. The molecule has 0 atom stereocenters. The molecule has 2 heterocycles. The third-order valence-electron chi connectivity index (χ3n) is 3.93. The Hall–Kier alpha value is -0.660. The van der Waals surface area contributed by atoms with Crippen molar-refractivity contribution in [2.45, 2.75) is 23.8 Å². The molecular formula is C13H17ClF3N3S. The van der Waals surface area contributed by atoms with E-state index in [9.17, 15) is 13.2 Å². The van der Waals surface area contributed by atoms with Crippen molar-refractivity contribution < 1.29 is 13.2 Å². The van der Waals surface area contributed by atoms with Gasteiger partial charge in [0.2, 0.25) is 0 Å². The molecule has 0 radical (unpaired) electrons. The van der Waals surface area contributed by atoms with Crippen LogP contribution in [0.5, 0.6) is 0 Å². The molecule has 1 aromatic rings. The molecule has 1 saturated heterocycles. The second-order valence-electron chi connectivity index (χ2n) is 5.11. The van der Waals surface area contributed by atoms with E-state index in [1.54, 1.807) is 11.8 Å². The van der Waals surface area contributed by atoms with Crippen LogP contribution in [-0.4, -0.2) is 35.6 Å². The van der Waals surface area contributed by atoms with Crippen LogP contribution in [-0.2, 0) is 6.18 Å². The highest BCUT2D eigenvalue weighted by Gasteiger charge is 2.35. The van der Waals surface area contributed by atoms with Crippen LogP contribution in [0.15, 0.2) is 12.3 Å². The first-order valence-corrected chi connectivity index (χ1v) is 8.14. The average molecular weight is 340 g/mol. The lowest BCUT2D eigenvalue weighted by Gasteiger charge is -2.40. The summed E-state index contributed by atoms with van der Waals surface area (Å²) >= 11 is 7.72. The van der Waals surface area contributed by atoms with Gasteiger partial charge < -0.3 is 10.6 Å². The molecule has 1 aliphatic heterocycles. The Morgan fingerprint density at radius 1 is 1.43 bits per heavy atom. The van der Waals surface area contributed by atoms with Crippen molar-refractivity contribution in [2.75, 3.05) is 30.8 Å². The summed E-state index contributed by atoms with van der Waals surface area (Å²) in [6.45, 7) is 1.97. The van der Waals surface area contributed by atoms with Crippen LogP contribution in [0.2, 0.25) is 5.02 Å². The van der Waals surface area contributed by atoms with Gasteiger partial charge in [0.1, 0.15) is 5.82 Å². The molecule has 0 saturated carbocycles. The number of nitrogens with zero attached hydrogens (tertiary/aromatic N) is 2. The molecule has 0 aromatic carbocycles. The molecule has 1 aliphatic rings. The quantitative estimate of drug-likeness (QED) is 0.916. The number of rotatable bonds is 3. The molecular weight excluding hydrogens is 323 g/mol. The van der Waals surface area contributed by atoms with E-state index in [0.717, 1.165) is 25.1 Å². The van der Waals surface area contributed by atoms with Crippen molar-refractivity contribution in [1.82, 2.24) is 4.98 Å². The number of hydrogen-bond donors (Lipinski definition) is 1. The van der Waals surface area contributed by atoms with Gasteiger partial charge in [-0.1, -0.05) is 11.6 Å². The molecule has 1 aromatic heterocycles. The van der Waals surface area contributed by atoms with Crippen molar-refractivity contribution in [2.24, 2.45) is 5.73 Å². The fourth-order valence-electron chi connectivity index (χ4n) is 2.44. The maximum absolute atomic E-state index is 12.6. The lowest BCUT2D eigenvalue weighted by molar-refractivity contribution is -0.137. The first-order chi connectivity index (χ1) is 9.81. The van der Waals surface area contributed by atoms with E-state index in [4.69, 9.17) is 17.3 Å². The van der Waals surface area contributed by atoms with Crippen molar-refractivity contribution in [3.05, 3.63) is 22.8 Å². The second kappa shape index (κ2) is 6.22. The average Bonchev–Trinajstić information content (AvgIpc) is 2.46. The topological polar surface area (TPSA) is 42.1 Å². The molecule has 8 heteroatoms. The smallest absolute Gasteiger partial charge is 0.355 e. The predicted octanol–water partition coefficient (Wildman–Crippen LogP) is 3.41. The van der Waals surface area contributed by atoms with Crippen LogP contribution in [0, 0.1) is 0 Å². The van der Waals surface area contributed by atoms with Gasteiger partial charge in [-0.05, 0) is 25.2 Å². The number of halogens is 4. The van der Waals surface area contributed by atoms with Crippen LogP contribution in [0.3, 0.4) is 0 Å². The zero-order chi connectivity index (χ0) is 15.7. The number of piperidine rings is 1. The van der Waals surface area contributed by atoms with E-state index >= 15 is 0 Å². The van der Waals surface area contributed by atoms with Gasteiger partial charge in [-0.15, -0.1) is 0 Å². The number of thioether (sulfide) groups is 1. The van der Waals surface area contributed by atoms with E-state index in [2.05, 4.69) is 4.98 Å². The van der Waals surface area contributed by atoms with Crippen LogP contribution < -0.4 is 10.6 Å². The Balaban J connectivity index is 2.14. The van der Waals surface area contributed by atoms with Gasteiger partial charge in [-0.25, -0.2) is 4.98 Å². The van der Waals surface area contributed by atoms with Crippen molar-refractivity contribution >= 4 is 29.2 Å². The highest BCUT2D eigenvalue weighted by atomic mass is 35.5. The van der Waals surface area contributed by atoms with Gasteiger partial charge in [-0.3, -0.25) is 0 Å². The van der Waals surface area contributed by atoms with Crippen molar-refractivity contribution in [3.8, 4) is 0 Å². The van der Waals surface area contributed by atoms with Gasteiger partial charge in [0, 0.05) is 30.6 Å². The highest BCUT2D eigenvalue weighted by Crippen LogP contribution is 2.38. The molecule has 3 nitrogen and oxygen atoms in total. The number of alkyl halides is 3. The summed E-state index contributed by atoms with van der Waals surface area (Å²) in [5, 5.41) is 0.0363. The Kier molecular flexibility index (Phi) is 4.95. The Morgan fingerprint density at radius 3 is 2.48 bits per heavy atom. The third kappa shape index (κ3) is 3.57. The first-order valence-electron chi connectivity index (χ1n) is 6.54. The second-order valence-corrected chi connectivity index (χ2v) is 6.79. The van der Waals surface area contributed by atoms with Crippen LogP contribution in [0.4, 0.5) is 19.0 Å². The van der Waals surface area contributed by atoms with E-state index in [1.807, 2.05) is 11.2 Å². The monoisotopic (exact) mass is 339 g/mol. The van der Waals surface area contributed by atoms with Gasteiger partial charge in [0.05, 0.1) is 10.6 Å². The fourth-order valence-corrected chi connectivity index (χ4v) is 3.48. The number of hydrogen-bond acceptors (Lipinski definition) is 4. The maximum Gasteiger partial charge on any atom is 0.417 e. The minimum atomic E-state index is -4.43. The highest BCUT2D eigenvalue weighted by molar-refractivity contribution is 8.00. The fraction of sp³-hybridized carbons (Fsp3) is 0.615. The normalized spacial score (nSPS) is 18.9. The minimum Gasteiger partial charge on any atom is -0.355 e. The van der Waals surface area contributed by atoms with E-state index < -0.39 is 11.7 Å². The van der Waals surface area contributed by atoms with E-state index in [1.165, 1.54) is 0 Å². The zero-order valence-electron chi connectivity index (χ0n) is 11.6. The summed E-state index contributed by atoms with van der Waals surface area (Å²) in [7, 11) is 0. The lowest BCUT2D eigenvalue weighted by Crippen LogP contribution is -2.46. The Bertz CT molecular complexity index is 496. The summed E-state index contributed by atoms with van der Waals surface area (Å²) in [6, 6.07) is 0.934. The molecule has 0 bridgehead atoms. The first kappa shape index (κ1) is 16.7. The molecule has 2 N–H and O–H groups in total. The Labute approximate surface area is 131 Å². The van der Waals surface area contributed by atoms with Crippen molar-refractivity contribution in [1.29, 1.82) is 0 Å². The van der Waals surface area contributed by atoms with Crippen molar-refractivity contribution in [3.63, 3.8) is 0 Å². The van der Waals surface area contributed by atoms with Gasteiger partial charge in [-0.2, -0.15) is 24.9 Å². The van der Waals surface area contributed by atoms with Crippen LogP contribution in [0.25, 0.3) is 0 Å². The molecule has 0 unspecified atom stereocenters. The largest absolute Gasteiger partial charge is 0.417 e. The third-order valence-corrected chi connectivity index (χ3v) is 5.65. The van der Waals surface area contributed by atoms with E-state index in [-0.39, 0.29) is 9.77 Å². The van der Waals surface area contributed by atoms with Crippen LogP contribution >= 0.6 is 23.4 Å². The van der Waals surface area contributed by atoms with Gasteiger partial charge in [0.25, 0.3) is 0 Å². The molecule has 21 heavy (non-hydrogen) atoms. The number of nitrogens with two attached hydrogens (primary N) is 1. The SMILES string of the molecule is CSC1(CN)CCN(c2ncc(C(F)(F)F)cc2Cl)CC1. The predicted molar refractivity (Wildman–Crippen MR) is 81.0 cm³/mol. The van der Waals surface area contributed by atoms with Crippen LogP contribution in [0.1, 0.15) is 18.4 Å². The van der Waals surface area contributed by atoms with Gasteiger partial charge in [0.15, 0.2) is 0 Å². The minimum absolute atomic E-state index is 0.0363.